The maximum absolute atomic E-state index is 13.5. The lowest BCUT2D eigenvalue weighted by Crippen LogP contribution is -2.22. The largest absolute Gasteiger partial charge is 0.455 e. The van der Waals surface area contributed by atoms with Crippen molar-refractivity contribution in [2.75, 3.05) is 14.1 Å². The second kappa shape index (κ2) is 5.92. The van der Waals surface area contributed by atoms with Crippen LogP contribution < -0.4 is 4.74 Å². The van der Waals surface area contributed by atoms with Gasteiger partial charge in [-0.3, -0.25) is 0 Å². The van der Waals surface area contributed by atoms with Crippen LogP contribution in [-0.4, -0.2) is 31.8 Å². The standard InChI is InChI=1S/C17H17FN2O3S/c1-11-17(15-10-12(18)4-9-16(15)19-11)23-13-5-7-14(8-6-13)24(21,22)20(2)3/h4-10,19H,1-3H3. The van der Waals surface area contributed by atoms with Gasteiger partial charge in [0.1, 0.15) is 11.6 Å². The Labute approximate surface area is 139 Å². The molecule has 3 rings (SSSR count). The summed E-state index contributed by atoms with van der Waals surface area (Å²) in [6, 6.07) is 10.5. The summed E-state index contributed by atoms with van der Waals surface area (Å²) in [4.78, 5) is 3.31. The molecule has 0 aliphatic rings. The number of ether oxygens (including phenoxy) is 1. The van der Waals surface area contributed by atoms with Crippen molar-refractivity contribution in [1.29, 1.82) is 0 Å². The quantitative estimate of drug-likeness (QED) is 0.783. The molecule has 0 atom stereocenters. The normalized spacial score (nSPS) is 12.0. The van der Waals surface area contributed by atoms with Crippen molar-refractivity contribution in [2.45, 2.75) is 11.8 Å². The summed E-state index contributed by atoms with van der Waals surface area (Å²) in [6.07, 6.45) is 0. The van der Waals surface area contributed by atoms with Gasteiger partial charge in [0.2, 0.25) is 10.0 Å². The Hall–Kier alpha value is -2.38. The highest BCUT2D eigenvalue weighted by atomic mass is 32.2. The van der Waals surface area contributed by atoms with Gasteiger partial charge in [-0.25, -0.2) is 17.1 Å². The van der Waals surface area contributed by atoms with E-state index in [2.05, 4.69) is 4.98 Å². The van der Waals surface area contributed by atoms with E-state index in [4.69, 9.17) is 4.74 Å². The molecule has 1 N–H and O–H groups in total. The number of nitrogens with zero attached hydrogens (tertiary/aromatic N) is 1. The lowest BCUT2D eigenvalue weighted by molar-refractivity contribution is 0.483. The van der Waals surface area contributed by atoms with Crippen LogP contribution in [0.5, 0.6) is 11.5 Å². The molecule has 0 unspecified atom stereocenters. The van der Waals surface area contributed by atoms with Gasteiger partial charge in [-0.2, -0.15) is 0 Å². The average Bonchev–Trinajstić information content (AvgIpc) is 2.83. The number of fused-ring (bicyclic) bond motifs is 1. The van der Waals surface area contributed by atoms with Gasteiger partial charge in [-0.05, 0) is 49.4 Å². The first-order valence-corrected chi connectivity index (χ1v) is 8.71. The lowest BCUT2D eigenvalue weighted by atomic mass is 10.2. The van der Waals surface area contributed by atoms with E-state index in [1.165, 1.54) is 38.4 Å². The Morgan fingerprint density at radius 1 is 1.08 bits per heavy atom. The van der Waals surface area contributed by atoms with Crippen LogP contribution >= 0.6 is 0 Å². The molecule has 0 aliphatic heterocycles. The summed E-state index contributed by atoms with van der Waals surface area (Å²) >= 11 is 0. The predicted octanol–water partition coefficient (Wildman–Crippen LogP) is 3.66. The van der Waals surface area contributed by atoms with Crippen LogP contribution in [0.15, 0.2) is 47.4 Å². The van der Waals surface area contributed by atoms with Crippen LogP contribution in [-0.2, 0) is 10.0 Å². The second-order valence-corrected chi connectivity index (χ2v) is 7.78. The molecule has 0 bridgehead atoms. The third kappa shape index (κ3) is 2.88. The van der Waals surface area contributed by atoms with Crippen molar-refractivity contribution in [1.82, 2.24) is 9.29 Å². The molecule has 0 spiro atoms. The number of sulfonamides is 1. The smallest absolute Gasteiger partial charge is 0.242 e. The summed E-state index contributed by atoms with van der Waals surface area (Å²) < 4.78 is 44.6. The van der Waals surface area contributed by atoms with Crippen LogP contribution in [0.3, 0.4) is 0 Å². The number of hydrogen-bond acceptors (Lipinski definition) is 3. The number of benzene rings is 2. The molecule has 2 aromatic carbocycles. The molecule has 0 radical (unpaired) electrons. The van der Waals surface area contributed by atoms with Gasteiger partial charge >= 0.3 is 0 Å². The molecule has 0 fully saturated rings. The van der Waals surface area contributed by atoms with Gasteiger partial charge in [-0.1, -0.05) is 0 Å². The van der Waals surface area contributed by atoms with Gasteiger partial charge in [0.05, 0.1) is 10.6 Å². The van der Waals surface area contributed by atoms with Crippen LogP contribution in [0.1, 0.15) is 5.69 Å². The van der Waals surface area contributed by atoms with Crippen molar-refractivity contribution in [3.8, 4) is 11.5 Å². The molecule has 5 nitrogen and oxygen atoms in total. The minimum Gasteiger partial charge on any atom is -0.455 e. The fourth-order valence-electron chi connectivity index (χ4n) is 2.41. The van der Waals surface area contributed by atoms with Crippen molar-refractivity contribution in [3.05, 3.63) is 54.0 Å². The van der Waals surface area contributed by atoms with Gasteiger partial charge in [0, 0.05) is 25.0 Å². The first-order valence-electron chi connectivity index (χ1n) is 7.27. The molecule has 0 saturated heterocycles. The number of nitrogens with one attached hydrogen (secondary N) is 1. The molecule has 7 heteroatoms. The molecule has 0 amide bonds. The van der Waals surface area contributed by atoms with Crippen LogP contribution in [0.2, 0.25) is 0 Å². The van der Waals surface area contributed by atoms with E-state index in [0.717, 1.165) is 15.5 Å². The Kier molecular flexibility index (Phi) is 4.06. The number of aromatic amines is 1. The number of halogens is 1. The zero-order valence-electron chi connectivity index (χ0n) is 13.5. The molecule has 3 aromatic rings. The molecule has 1 heterocycles. The summed E-state index contributed by atoms with van der Waals surface area (Å²) in [5.74, 6) is 0.646. The molecule has 126 valence electrons. The summed E-state index contributed by atoms with van der Waals surface area (Å²) in [6.45, 7) is 1.83. The van der Waals surface area contributed by atoms with Crippen molar-refractivity contribution in [3.63, 3.8) is 0 Å². The number of aryl methyl sites for hydroxylation is 1. The number of aromatic nitrogens is 1. The third-order valence-corrected chi connectivity index (χ3v) is 5.54. The number of hydrogen-bond donors (Lipinski definition) is 1. The Morgan fingerprint density at radius 2 is 1.75 bits per heavy atom. The number of H-pyrrole nitrogens is 1. The van der Waals surface area contributed by atoms with Crippen molar-refractivity contribution in [2.24, 2.45) is 0 Å². The first kappa shape index (κ1) is 16.5. The van der Waals surface area contributed by atoms with Crippen molar-refractivity contribution >= 4 is 20.9 Å². The highest BCUT2D eigenvalue weighted by molar-refractivity contribution is 7.89. The number of rotatable bonds is 4. The Balaban J connectivity index is 1.95. The van der Waals surface area contributed by atoms with Gasteiger partial charge in [0.15, 0.2) is 5.75 Å². The van der Waals surface area contributed by atoms with E-state index < -0.39 is 10.0 Å². The van der Waals surface area contributed by atoms with E-state index in [0.29, 0.717) is 16.9 Å². The summed E-state index contributed by atoms with van der Waals surface area (Å²) in [5, 5.41) is 0.637. The predicted molar refractivity (Wildman–Crippen MR) is 90.4 cm³/mol. The maximum atomic E-state index is 13.5. The zero-order chi connectivity index (χ0) is 17.5. The third-order valence-electron chi connectivity index (χ3n) is 3.71. The SMILES string of the molecule is Cc1[nH]c2ccc(F)cc2c1Oc1ccc(S(=O)(=O)N(C)C)cc1. The van der Waals surface area contributed by atoms with E-state index in [1.54, 1.807) is 18.2 Å². The van der Waals surface area contributed by atoms with Gasteiger partial charge < -0.3 is 9.72 Å². The van der Waals surface area contributed by atoms with Crippen molar-refractivity contribution < 1.29 is 17.5 Å². The maximum Gasteiger partial charge on any atom is 0.242 e. The Bertz CT molecular complexity index is 993. The minimum absolute atomic E-state index is 0.182. The van der Waals surface area contributed by atoms with Gasteiger partial charge in [-0.15, -0.1) is 0 Å². The van der Waals surface area contributed by atoms with E-state index in [1.807, 2.05) is 6.92 Å². The Morgan fingerprint density at radius 3 is 2.38 bits per heavy atom. The molecule has 24 heavy (non-hydrogen) atoms. The monoisotopic (exact) mass is 348 g/mol. The summed E-state index contributed by atoms with van der Waals surface area (Å²) in [7, 11) is -0.531. The lowest BCUT2D eigenvalue weighted by Gasteiger charge is -2.12. The van der Waals surface area contributed by atoms with E-state index >= 15 is 0 Å². The topological polar surface area (TPSA) is 62.4 Å². The van der Waals surface area contributed by atoms with Crippen LogP contribution in [0, 0.1) is 12.7 Å². The fourth-order valence-corrected chi connectivity index (χ4v) is 3.32. The molecule has 0 aliphatic carbocycles. The molecular formula is C17H17FN2O3S. The molecular weight excluding hydrogens is 331 g/mol. The first-order chi connectivity index (χ1) is 11.3. The molecule has 1 aromatic heterocycles. The fraction of sp³-hybridized carbons (Fsp3) is 0.176. The average molecular weight is 348 g/mol. The minimum atomic E-state index is -3.48. The second-order valence-electron chi connectivity index (χ2n) is 5.63. The highest BCUT2D eigenvalue weighted by Gasteiger charge is 2.17. The van der Waals surface area contributed by atoms with E-state index in [9.17, 15) is 12.8 Å². The molecule has 0 saturated carbocycles. The highest BCUT2D eigenvalue weighted by Crippen LogP contribution is 2.34. The summed E-state index contributed by atoms with van der Waals surface area (Å²) in [5.41, 5.74) is 1.54. The van der Waals surface area contributed by atoms with Gasteiger partial charge in [0.25, 0.3) is 0 Å². The van der Waals surface area contributed by atoms with Crippen LogP contribution in [0.4, 0.5) is 4.39 Å². The van der Waals surface area contributed by atoms with E-state index in [-0.39, 0.29) is 10.7 Å². The zero-order valence-corrected chi connectivity index (χ0v) is 14.3. The van der Waals surface area contributed by atoms with Crippen LogP contribution in [0.25, 0.3) is 10.9 Å².